The number of methoxy groups -OCH3 is 1. The first-order valence-corrected chi connectivity index (χ1v) is 3.75. The van der Waals surface area contributed by atoms with Crippen LogP contribution in [0.2, 0.25) is 0 Å². The Kier molecular flexibility index (Phi) is 1.73. The molecule has 66 valence electrons. The molecule has 1 aromatic carbocycles. The Morgan fingerprint density at radius 3 is 2.92 bits per heavy atom. The topological polar surface area (TPSA) is 52.3 Å². The number of rotatable bonds is 1. The summed E-state index contributed by atoms with van der Waals surface area (Å²) in [6, 6.07) is 6.90. The van der Waals surface area contributed by atoms with E-state index in [0.29, 0.717) is 11.0 Å². The molecule has 0 atom stereocenters. The van der Waals surface area contributed by atoms with Gasteiger partial charge in [-0.05, 0) is 12.1 Å². The number of para-hydroxylation sites is 1. The average Bonchev–Trinajstić information content (AvgIpc) is 2.18. The van der Waals surface area contributed by atoms with E-state index in [0.717, 1.165) is 0 Å². The summed E-state index contributed by atoms with van der Waals surface area (Å²) in [5.74, 6) is 0. The maximum atomic E-state index is 11.3. The van der Waals surface area contributed by atoms with Crippen molar-refractivity contribution in [1.82, 2.24) is 4.98 Å². The van der Waals surface area contributed by atoms with Crippen LogP contribution in [0.5, 0.6) is 6.08 Å². The van der Waals surface area contributed by atoms with Gasteiger partial charge < -0.3 is 9.15 Å². The fourth-order valence-electron chi connectivity index (χ4n) is 1.08. The summed E-state index contributed by atoms with van der Waals surface area (Å²) in [6.45, 7) is 0. The zero-order valence-electron chi connectivity index (χ0n) is 6.98. The molecule has 0 aliphatic carbocycles. The number of fused-ring (bicyclic) bond motifs is 1. The Balaban J connectivity index is 2.85. The monoisotopic (exact) mass is 177 g/mol. The first kappa shape index (κ1) is 7.79. The molecule has 2 rings (SSSR count). The highest BCUT2D eigenvalue weighted by atomic mass is 16.6. The molecule has 0 aliphatic rings. The average molecular weight is 177 g/mol. The lowest BCUT2D eigenvalue weighted by Gasteiger charge is -1.97. The van der Waals surface area contributed by atoms with E-state index in [1.165, 1.54) is 7.11 Å². The molecule has 0 saturated carbocycles. The minimum atomic E-state index is -0.335. The van der Waals surface area contributed by atoms with E-state index in [1.807, 2.05) is 0 Å². The number of ether oxygens (including phenoxy) is 1. The lowest BCUT2D eigenvalue weighted by atomic mass is 10.3. The van der Waals surface area contributed by atoms with Gasteiger partial charge in [0.1, 0.15) is 5.58 Å². The van der Waals surface area contributed by atoms with Crippen molar-refractivity contribution >= 4 is 11.0 Å². The zero-order valence-corrected chi connectivity index (χ0v) is 6.98. The largest absolute Gasteiger partial charge is 0.453 e. The van der Waals surface area contributed by atoms with Crippen LogP contribution in [0.4, 0.5) is 0 Å². The Morgan fingerprint density at radius 2 is 2.15 bits per heavy atom. The van der Waals surface area contributed by atoms with Gasteiger partial charge in [-0.15, -0.1) is 4.98 Å². The molecule has 2 aromatic rings. The molecule has 0 fully saturated rings. The summed E-state index contributed by atoms with van der Waals surface area (Å²) in [7, 11) is 1.40. The van der Waals surface area contributed by atoms with Crippen molar-refractivity contribution in [3.05, 3.63) is 34.6 Å². The number of hydrogen-bond donors (Lipinski definition) is 0. The van der Waals surface area contributed by atoms with Gasteiger partial charge in [-0.2, -0.15) is 0 Å². The third-order valence-corrected chi connectivity index (χ3v) is 1.68. The number of benzene rings is 1. The van der Waals surface area contributed by atoms with Crippen molar-refractivity contribution in [3.8, 4) is 6.08 Å². The van der Waals surface area contributed by atoms with Crippen LogP contribution in [-0.2, 0) is 0 Å². The van der Waals surface area contributed by atoms with Crippen LogP contribution in [0.1, 0.15) is 0 Å². The molecule has 1 heterocycles. The lowest BCUT2D eigenvalue weighted by molar-refractivity contribution is 0.289. The molecule has 0 N–H and O–H groups in total. The van der Waals surface area contributed by atoms with Crippen LogP contribution >= 0.6 is 0 Å². The van der Waals surface area contributed by atoms with Crippen molar-refractivity contribution in [2.75, 3.05) is 7.11 Å². The van der Waals surface area contributed by atoms with Crippen LogP contribution in [-0.4, -0.2) is 12.1 Å². The van der Waals surface area contributed by atoms with E-state index in [9.17, 15) is 4.79 Å². The molecule has 1 aromatic heterocycles. The van der Waals surface area contributed by atoms with Gasteiger partial charge in [0.2, 0.25) is 0 Å². The zero-order chi connectivity index (χ0) is 9.26. The van der Waals surface area contributed by atoms with Crippen LogP contribution in [0, 0.1) is 0 Å². The van der Waals surface area contributed by atoms with Gasteiger partial charge in [-0.3, -0.25) is 4.79 Å². The van der Waals surface area contributed by atoms with Gasteiger partial charge in [0.15, 0.2) is 0 Å². The first-order valence-electron chi connectivity index (χ1n) is 3.75. The first-order chi connectivity index (χ1) is 6.31. The molecule has 13 heavy (non-hydrogen) atoms. The van der Waals surface area contributed by atoms with Crippen molar-refractivity contribution in [2.24, 2.45) is 0 Å². The smallest absolute Gasteiger partial charge is 0.397 e. The van der Waals surface area contributed by atoms with Crippen LogP contribution in [0.15, 0.2) is 33.5 Å². The highest BCUT2D eigenvalue weighted by Gasteiger charge is 2.04. The Labute approximate surface area is 73.8 Å². The van der Waals surface area contributed by atoms with Gasteiger partial charge in [0.05, 0.1) is 12.5 Å². The van der Waals surface area contributed by atoms with Gasteiger partial charge in [-0.1, -0.05) is 12.1 Å². The molecule has 0 aliphatic heterocycles. The summed E-state index contributed by atoms with van der Waals surface area (Å²) < 4.78 is 9.88. The van der Waals surface area contributed by atoms with Crippen LogP contribution < -0.4 is 10.3 Å². The molecule has 4 nitrogen and oxygen atoms in total. The van der Waals surface area contributed by atoms with E-state index in [2.05, 4.69) is 4.98 Å². The van der Waals surface area contributed by atoms with Gasteiger partial charge in [0.25, 0.3) is 5.56 Å². The molecular weight excluding hydrogens is 170 g/mol. The molecule has 0 bridgehead atoms. The fourth-order valence-corrected chi connectivity index (χ4v) is 1.08. The van der Waals surface area contributed by atoms with Crippen LogP contribution in [0.25, 0.3) is 11.0 Å². The maximum absolute atomic E-state index is 11.3. The van der Waals surface area contributed by atoms with E-state index >= 15 is 0 Å². The predicted octanol–water partition coefficient (Wildman–Crippen LogP) is 1.20. The molecule has 0 unspecified atom stereocenters. The fraction of sp³-hybridized carbons (Fsp3) is 0.111. The second kappa shape index (κ2) is 2.90. The van der Waals surface area contributed by atoms with Crippen molar-refractivity contribution in [2.45, 2.75) is 0 Å². The molecule has 0 amide bonds. The molecular formula is C9H7NO3. The minimum absolute atomic E-state index is 0.0105. The number of hydrogen-bond acceptors (Lipinski definition) is 4. The third kappa shape index (κ3) is 1.26. The lowest BCUT2D eigenvalue weighted by Crippen LogP contribution is -2.06. The quantitative estimate of drug-likeness (QED) is 0.656. The standard InChI is InChI=1S/C9H7NO3/c1-12-9-10-8(11)6-4-2-3-5-7(6)13-9/h2-5H,1H3. The van der Waals surface area contributed by atoms with Gasteiger partial charge in [0, 0.05) is 0 Å². The maximum Gasteiger partial charge on any atom is 0.397 e. The molecule has 4 heteroatoms. The van der Waals surface area contributed by atoms with Crippen molar-refractivity contribution in [3.63, 3.8) is 0 Å². The Hall–Kier alpha value is -1.84. The molecule has 0 saturated heterocycles. The molecule has 0 spiro atoms. The summed E-state index contributed by atoms with van der Waals surface area (Å²) in [6.07, 6.45) is -0.0105. The van der Waals surface area contributed by atoms with Crippen LogP contribution in [0.3, 0.4) is 0 Å². The van der Waals surface area contributed by atoms with Gasteiger partial charge >= 0.3 is 6.08 Å². The SMILES string of the molecule is COc1nc(=O)c2ccccc2o1. The third-order valence-electron chi connectivity index (χ3n) is 1.68. The summed E-state index contributed by atoms with van der Waals surface area (Å²) in [5, 5.41) is 0.461. The predicted molar refractivity (Wildman–Crippen MR) is 46.8 cm³/mol. The van der Waals surface area contributed by atoms with E-state index in [4.69, 9.17) is 9.15 Å². The highest BCUT2D eigenvalue weighted by Crippen LogP contribution is 2.13. The number of aromatic nitrogens is 1. The summed E-state index contributed by atoms with van der Waals surface area (Å²) >= 11 is 0. The van der Waals surface area contributed by atoms with Crippen molar-refractivity contribution in [1.29, 1.82) is 0 Å². The highest BCUT2D eigenvalue weighted by molar-refractivity contribution is 5.75. The van der Waals surface area contributed by atoms with E-state index in [1.54, 1.807) is 24.3 Å². The second-order valence-corrected chi connectivity index (χ2v) is 2.49. The minimum Gasteiger partial charge on any atom is -0.453 e. The normalized spacial score (nSPS) is 10.2. The molecule has 0 radical (unpaired) electrons. The summed E-state index contributed by atoms with van der Waals surface area (Å²) in [5.41, 5.74) is 0.151. The Bertz CT molecular complexity index is 489. The second-order valence-electron chi connectivity index (χ2n) is 2.49. The van der Waals surface area contributed by atoms with E-state index < -0.39 is 0 Å². The Morgan fingerprint density at radius 1 is 1.38 bits per heavy atom. The number of nitrogens with zero attached hydrogens (tertiary/aromatic N) is 1. The van der Waals surface area contributed by atoms with E-state index in [-0.39, 0.29) is 11.6 Å². The van der Waals surface area contributed by atoms with Crippen molar-refractivity contribution < 1.29 is 9.15 Å². The summed E-state index contributed by atoms with van der Waals surface area (Å²) in [4.78, 5) is 14.9. The van der Waals surface area contributed by atoms with Gasteiger partial charge in [-0.25, -0.2) is 0 Å².